The lowest BCUT2D eigenvalue weighted by Gasteiger charge is -2.17. The summed E-state index contributed by atoms with van der Waals surface area (Å²) in [4.78, 5) is 11.7. The molecule has 0 bridgehead atoms. The number of esters is 1. The molecule has 2 fully saturated rings. The van der Waals surface area contributed by atoms with Crippen LogP contribution in [0.25, 0.3) is 0 Å². The molecule has 4 atom stereocenters. The van der Waals surface area contributed by atoms with Crippen molar-refractivity contribution in [3.05, 3.63) is 35.9 Å². The smallest absolute Gasteiger partial charge is 0.338 e. The van der Waals surface area contributed by atoms with Crippen LogP contribution in [0.5, 0.6) is 0 Å². The Balaban J connectivity index is 1.53. The van der Waals surface area contributed by atoms with Gasteiger partial charge < -0.3 is 9.84 Å². The molecular weight excluding hydrogens is 216 g/mol. The highest BCUT2D eigenvalue weighted by Crippen LogP contribution is 2.54. The third-order valence-electron chi connectivity index (χ3n) is 3.94. The summed E-state index contributed by atoms with van der Waals surface area (Å²) < 4.78 is 5.25. The number of aliphatic hydroxyl groups is 1. The lowest BCUT2D eigenvalue weighted by Crippen LogP contribution is -2.24. The van der Waals surface area contributed by atoms with Gasteiger partial charge in [-0.2, -0.15) is 0 Å². The zero-order chi connectivity index (χ0) is 11.8. The fourth-order valence-corrected chi connectivity index (χ4v) is 2.85. The summed E-state index contributed by atoms with van der Waals surface area (Å²) >= 11 is 0. The number of rotatable bonds is 3. The number of carbonyl (C=O) groups is 1. The van der Waals surface area contributed by atoms with Crippen molar-refractivity contribution in [2.45, 2.75) is 18.9 Å². The second-order valence-corrected chi connectivity index (χ2v) is 5.11. The summed E-state index contributed by atoms with van der Waals surface area (Å²) in [5.41, 5.74) is 0.574. The van der Waals surface area contributed by atoms with Crippen molar-refractivity contribution in [1.82, 2.24) is 0 Å². The minimum absolute atomic E-state index is 0.145. The van der Waals surface area contributed by atoms with Crippen molar-refractivity contribution in [2.24, 2.45) is 17.8 Å². The Kier molecular flexibility index (Phi) is 2.63. The van der Waals surface area contributed by atoms with Crippen molar-refractivity contribution >= 4 is 5.97 Å². The molecule has 1 N–H and O–H groups in total. The molecule has 0 aromatic heterocycles. The Morgan fingerprint density at radius 1 is 1.29 bits per heavy atom. The standard InChI is InChI=1S/C14H16O3/c15-13-11(6-10-7-12(10)13)8-17-14(16)9-4-2-1-3-5-9/h1-5,10-13,15H,6-8H2/t10?,11-,12?,13-/m0/s1. The van der Waals surface area contributed by atoms with E-state index in [0.717, 1.165) is 12.8 Å². The second kappa shape index (κ2) is 4.15. The average Bonchev–Trinajstić information content (AvgIpc) is 3.07. The Labute approximate surface area is 100 Å². The molecule has 0 aliphatic heterocycles. The van der Waals surface area contributed by atoms with E-state index < -0.39 is 0 Å². The van der Waals surface area contributed by atoms with Crippen LogP contribution in [-0.2, 0) is 4.74 Å². The predicted molar refractivity (Wildman–Crippen MR) is 62.4 cm³/mol. The molecule has 2 unspecified atom stereocenters. The first-order valence-electron chi connectivity index (χ1n) is 6.16. The maximum atomic E-state index is 11.7. The van der Waals surface area contributed by atoms with Crippen LogP contribution in [0, 0.1) is 17.8 Å². The monoisotopic (exact) mass is 232 g/mol. The third kappa shape index (κ3) is 2.07. The first-order chi connectivity index (χ1) is 8.25. The molecule has 0 amide bonds. The molecule has 0 heterocycles. The largest absolute Gasteiger partial charge is 0.462 e. The van der Waals surface area contributed by atoms with Crippen LogP contribution in [-0.4, -0.2) is 23.8 Å². The molecule has 0 saturated heterocycles. The molecule has 17 heavy (non-hydrogen) atoms. The van der Waals surface area contributed by atoms with E-state index in [9.17, 15) is 9.90 Å². The average molecular weight is 232 g/mol. The molecule has 0 spiro atoms. The molecule has 1 aromatic rings. The predicted octanol–water partition coefficient (Wildman–Crippen LogP) is 1.86. The van der Waals surface area contributed by atoms with E-state index >= 15 is 0 Å². The number of carbonyl (C=O) groups excluding carboxylic acids is 1. The van der Waals surface area contributed by atoms with Crippen molar-refractivity contribution in [1.29, 1.82) is 0 Å². The number of ether oxygens (including phenoxy) is 1. The quantitative estimate of drug-likeness (QED) is 0.809. The molecule has 2 aliphatic rings. The molecule has 0 radical (unpaired) electrons. The summed E-state index contributed by atoms with van der Waals surface area (Å²) in [5, 5.41) is 9.89. The minimum Gasteiger partial charge on any atom is -0.462 e. The first kappa shape index (κ1) is 10.8. The molecule has 3 rings (SSSR count). The SMILES string of the molecule is O=C(OC[C@@H]1CC2CC2[C@H]1O)c1ccccc1. The molecule has 90 valence electrons. The number of aliphatic hydroxyl groups excluding tert-OH is 1. The summed E-state index contributed by atoms with van der Waals surface area (Å²) in [5.74, 6) is 1.02. The Bertz CT molecular complexity index is 415. The van der Waals surface area contributed by atoms with E-state index in [0.29, 0.717) is 24.0 Å². The highest BCUT2D eigenvalue weighted by atomic mass is 16.5. The molecule has 2 aliphatic carbocycles. The van der Waals surface area contributed by atoms with Crippen molar-refractivity contribution in [3.63, 3.8) is 0 Å². The van der Waals surface area contributed by atoms with Crippen molar-refractivity contribution < 1.29 is 14.6 Å². The van der Waals surface area contributed by atoms with Crippen LogP contribution in [0.3, 0.4) is 0 Å². The van der Waals surface area contributed by atoms with Crippen LogP contribution < -0.4 is 0 Å². The Hall–Kier alpha value is -1.35. The number of benzene rings is 1. The number of hydrogen-bond acceptors (Lipinski definition) is 3. The lowest BCUT2D eigenvalue weighted by molar-refractivity contribution is 0.0245. The van der Waals surface area contributed by atoms with Gasteiger partial charge in [0.15, 0.2) is 0 Å². The molecule has 1 aromatic carbocycles. The van der Waals surface area contributed by atoms with E-state index in [1.54, 1.807) is 12.1 Å². The fourth-order valence-electron chi connectivity index (χ4n) is 2.85. The topological polar surface area (TPSA) is 46.5 Å². The van der Waals surface area contributed by atoms with Gasteiger partial charge in [-0.3, -0.25) is 0 Å². The highest BCUT2D eigenvalue weighted by Gasteiger charge is 2.52. The van der Waals surface area contributed by atoms with Crippen LogP contribution >= 0.6 is 0 Å². The second-order valence-electron chi connectivity index (χ2n) is 5.11. The first-order valence-corrected chi connectivity index (χ1v) is 6.16. The summed E-state index contributed by atoms with van der Waals surface area (Å²) in [7, 11) is 0. The van der Waals surface area contributed by atoms with Gasteiger partial charge in [-0.1, -0.05) is 18.2 Å². The normalized spacial score (nSPS) is 34.2. The van der Waals surface area contributed by atoms with Crippen LogP contribution in [0.2, 0.25) is 0 Å². The van der Waals surface area contributed by atoms with Gasteiger partial charge in [0.2, 0.25) is 0 Å². The van der Waals surface area contributed by atoms with Gasteiger partial charge in [-0.05, 0) is 36.8 Å². The fraction of sp³-hybridized carbons (Fsp3) is 0.500. The molecule has 2 saturated carbocycles. The maximum absolute atomic E-state index is 11.7. The van der Waals surface area contributed by atoms with E-state index in [2.05, 4.69) is 0 Å². The number of hydrogen-bond donors (Lipinski definition) is 1. The van der Waals surface area contributed by atoms with Crippen molar-refractivity contribution in [3.8, 4) is 0 Å². The van der Waals surface area contributed by atoms with Crippen LogP contribution in [0.15, 0.2) is 30.3 Å². The molecule has 3 nitrogen and oxygen atoms in total. The Morgan fingerprint density at radius 2 is 2.06 bits per heavy atom. The molecule has 3 heteroatoms. The minimum atomic E-state index is -0.293. The summed E-state index contributed by atoms with van der Waals surface area (Å²) in [6, 6.07) is 8.98. The summed E-state index contributed by atoms with van der Waals surface area (Å²) in [6.07, 6.45) is 1.90. The van der Waals surface area contributed by atoms with E-state index in [4.69, 9.17) is 4.74 Å². The maximum Gasteiger partial charge on any atom is 0.338 e. The Morgan fingerprint density at radius 3 is 2.71 bits per heavy atom. The van der Waals surface area contributed by atoms with Gasteiger partial charge >= 0.3 is 5.97 Å². The zero-order valence-electron chi connectivity index (χ0n) is 9.58. The van der Waals surface area contributed by atoms with E-state index in [1.165, 1.54) is 0 Å². The lowest BCUT2D eigenvalue weighted by atomic mass is 10.0. The number of fused-ring (bicyclic) bond motifs is 1. The van der Waals surface area contributed by atoms with Crippen LogP contribution in [0.4, 0.5) is 0 Å². The zero-order valence-corrected chi connectivity index (χ0v) is 9.58. The van der Waals surface area contributed by atoms with Gasteiger partial charge in [-0.25, -0.2) is 4.79 Å². The van der Waals surface area contributed by atoms with E-state index in [1.807, 2.05) is 18.2 Å². The van der Waals surface area contributed by atoms with Gasteiger partial charge in [0, 0.05) is 5.92 Å². The van der Waals surface area contributed by atoms with Gasteiger partial charge in [0.25, 0.3) is 0 Å². The van der Waals surface area contributed by atoms with E-state index in [-0.39, 0.29) is 18.0 Å². The molecular formula is C14H16O3. The summed E-state index contributed by atoms with van der Waals surface area (Å²) in [6.45, 7) is 0.349. The third-order valence-corrected chi connectivity index (χ3v) is 3.94. The van der Waals surface area contributed by atoms with Crippen molar-refractivity contribution in [2.75, 3.05) is 6.61 Å². The van der Waals surface area contributed by atoms with Gasteiger partial charge in [-0.15, -0.1) is 0 Å². The van der Waals surface area contributed by atoms with Crippen LogP contribution in [0.1, 0.15) is 23.2 Å². The van der Waals surface area contributed by atoms with Gasteiger partial charge in [0.1, 0.15) is 0 Å². The highest BCUT2D eigenvalue weighted by molar-refractivity contribution is 5.89. The van der Waals surface area contributed by atoms with Gasteiger partial charge in [0.05, 0.1) is 18.3 Å².